The number of anilines is 2. The highest BCUT2D eigenvalue weighted by atomic mass is 32.2. The van der Waals surface area contributed by atoms with Crippen LogP contribution in [0.4, 0.5) is 11.4 Å². The molecule has 3 aromatic rings. The highest BCUT2D eigenvalue weighted by molar-refractivity contribution is 7.92. The van der Waals surface area contributed by atoms with Crippen molar-refractivity contribution in [1.82, 2.24) is 4.98 Å². The van der Waals surface area contributed by atoms with Crippen LogP contribution in [-0.4, -0.2) is 31.8 Å². The second-order valence-corrected chi connectivity index (χ2v) is 7.09. The molecule has 3 rings (SSSR count). The van der Waals surface area contributed by atoms with Gasteiger partial charge >= 0.3 is 0 Å². The van der Waals surface area contributed by atoms with Gasteiger partial charge in [-0.1, -0.05) is 12.1 Å². The van der Waals surface area contributed by atoms with Gasteiger partial charge in [0.05, 0.1) is 29.6 Å². The van der Waals surface area contributed by atoms with Crippen molar-refractivity contribution < 1.29 is 13.5 Å². The van der Waals surface area contributed by atoms with Crippen LogP contribution in [0.3, 0.4) is 0 Å². The maximum absolute atomic E-state index is 11.4. The number of benzene rings is 2. The molecule has 0 atom stereocenters. The molecular formula is C16H17N3O3S. The Bertz CT molecular complexity index is 1000. The van der Waals surface area contributed by atoms with Crippen LogP contribution in [0.15, 0.2) is 36.4 Å². The van der Waals surface area contributed by atoms with Crippen LogP contribution in [0.5, 0.6) is 0 Å². The summed E-state index contributed by atoms with van der Waals surface area (Å²) in [6, 6.07) is 11.0. The van der Waals surface area contributed by atoms with Gasteiger partial charge in [-0.05, 0) is 24.3 Å². The number of sulfonamides is 1. The Morgan fingerprint density at radius 3 is 2.52 bits per heavy atom. The van der Waals surface area contributed by atoms with Gasteiger partial charge in [0.15, 0.2) is 0 Å². The number of hydrogen-bond donors (Lipinski definition) is 3. The molecule has 0 saturated carbocycles. The lowest BCUT2D eigenvalue weighted by molar-refractivity contribution is 0.284. The Hall–Kier alpha value is -2.38. The molecule has 2 aromatic carbocycles. The van der Waals surface area contributed by atoms with Crippen molar-refractivity contribution in [3.8, 4) is 0 Å². The van der Waals surface area contributed by atoms with Crippen molar-refractivity contribution in [3.63, 3.8) is 0 Å². The molecular weight excluding hydrogens is 314 g/mol. The van der Waals surface area contributed by atoms with E-state index in [2.05, 4.69) is 15.0 Å². The first kappa shape index (κ1) is 15.5. The molecule has 0 fully saturated rings. The monoisotopic (exact) mass is 331 g/mol. The number of aromatic nitrogens is 1. The Labute approximate surface area is 134 Å². The maximum atomic E-state index is 11.4. The quantitative estimate of drug-likeness (QED) is 0.638. The van der Waals surface area contributed by atoms with Crippen LogP contribution in [-0.2, 0) is 16.6 Å². The van der Waals surface area contributed by atoms with Gasteiger partial charge in [0.1, 0.15) is 0 Å². The fourth-order valence-electron chi connectivity index (χ4n) is 2.63. The van der Waals surface area contributed by atoms with E-state index in [9.17, 15) is 13.5 Å². The summed E-state index contributed by atoms with van der Waals surface area (Å²) in [6.45, 7) is -0.132. The smallest absolute Gasteiger partial charge is 0.229 e. The summed E-state index contributed by atoms with van der Waals surface area (Å²) in [4.78, 5) is 4.61. The second-order valence-electron chi connectivity index (χ2n) is 5.34. The summed E-state index contributed by atoms with van der Waals surface area (Å²) in [5.74, 6) is 0. The third kappa shape index (κ3) is 3.06. The number of fused-ring (bicyclic) bond motifs is 2. The number of nitrogens with zero attached hydrogens (tertiary/aromatic N) is 1. The molecule has 0 spiro atoms. The summed E-state index contributed by atoms with van der Waals surface area (Å²) in [5, 5.41) is 14.5. The van der Waals surface area contributed by atoms with Crippen LogP contribution >= 0.6 is 0 Å². The van der Waals surface area contributed by atoms with Crippen LogP contribution in [0.2, 0.25) is 0 Å². The molecule has 7 heteroatoms. The average molecular weight is 331 g/mol. The first-order valence-corrected chi connectivity index (χ1v) is 8.93. The third-order valence-electron chi connectivity index (χ3n) is 3.62. The van der Waals surface area contributed by atoms with Crippen LogP contribution < -0.4 is 10.0 Å². The van der Waals surface area contributed by atoms with Gasteiger partial charge in [-0.3, -0.25) is 4.72 Å². The molecule has 0 saturated heterocycles. The molecule has 0 aliphatic carbocycles. The Kier molecular flexibility index (Phi) is 3.83. The molecule has 6 nitrogen and oxygen atoms in total. The summed E-state index contributed by atoms with van der Waals surface area (Å²) in [7, 11) is -1.55. The molecule has 3 N–H and O–H groups in total. The number of rotatable bonds is 4. The molecule has 0 bridgehead atoms. The summed E-state index contributed by atoms with van der Waals surface area (Å²) < 4.78 is 25.2. The van der Waals surface area contributed by atoms with Crippen LogP contribution in [0.25, 0.3) is 21.8 Å². The van der Waals surface area contributed by atoms with Crippen molar-refractivity contribution in [2.75, 3.05) is 23.3 Å². The zero-order valence-electron chi connectivity index (χ0n) is 12.8. The molecule has 1 heterocycles. The molecule has 1 aromatic heterocycles. The lowest BCUT2D eigenvalue weighted by Crippen LogP contribution is -2.09. The number of aliphatic hydroxyl groups excluding tert-OH is 1. The Morgan fingerprint density at radius 2 is 1.87 bits per heavy atom. The van der Waals surface area contributed by atoms with E-state index in [0.29, 0.717) is 22.3 Å². The number of hydrogen-bond acceptors (Lipinski definition) is 5. The molecule has 0 aliphatic rings. The Morgan fingerprint density at radius 1 is 1.13 bits per heavy atom. The summed E-state index contributed by atoms with van der Waals surface area (Å²) >= 11 is 0. The highest BCUT2D eigenvalue weighted by Crippen LogP contribution is 2.28. The number of pyridine rings is 1. The summed E-state index contributed by atoms with van der Waals surface area (Å²) in [6.07, 6.45) is 1.11. The minimum atomic E-state index is -3.34. The van der Waals surface area contributed by atoms with Gasteiger partial charge in [-0.15, -0.1) is 0 Å². The molecule has 0 unspecified atom stereocenters. The molecule has 0 amide bonds. The Balaban J connectivity index is 2.25. The zero-order chi connectivity index (χ0) is 16.6. The third-order valence-corrected chi connectivity index (χ3v) is 4.22. The fraction of sp³-hybridized carbons (Fsp3) is 0.188. The molecule has 0 aliphatic heterocycles. The first-order valence-electron chi connectivity index (χ1n) is 7.04. The minimum Gasteiger partial charge on any atom is -0.392 e. The van der Waals surface area contributed by atoms with E-state index < -0.39 is 10.0 Å². The number of aliphatic hydroxyl groups is 1. The minimum absolute atomic E-state index is 0.132. The second kappa shape index (κ2) is 5.68. The fourth-order valence-corrected chi connectivity index (χ4v) is 3.18. The van der Waals surface area contributed by atoms with Crippen molar-refractivity contribution in [2.45, 2.75) is 6.61 Å². The van der Waals surface area contributed by atoms with Gasteiger partial charge in [0, 0.05) is 29.1 Å². The van der Waals surface area contributed by atoms with E-state index in [1.54, 1.807) is 19.2 Å². The topological polar surface area (TPSA) is 91.3 Å². The lowest BCUT2D eigenvalue weighted by Gasteiger charge is -2.11. The standard InChI is InChI=1S/C16H17N3O3S/c1-17-14-6-4-11-7-10-3-5-12(19-23(2,21)22)8-15(10)18-16(11)13(14)9-20/h3-8,17,19-20H,9H2,1-2H3. The molecule has 120 valence electrons. The summed E-state index contributed by atoms with van der Waals surface area (Å²) in [5.41, 5.74) is 3.35. The van der Waals surface area contributed by atoms with E-state index in [-0.39, 0.29) is 6.61 Å². The van der Waals surface area contributed by atoms with Crippen molar-refractivity contribution in [1.29, 1.82) is 0 Å². The van der Waals surface area contributed by atoms with E-state index >= 15 is 0 Å². The van der Waals surface area contributed by atoms with Crippen LogP contribution in [0, 0.1) is 0 Å². The van der Waals surface area contributed by atoms with Gasteiger partial charge in [-0.25, -0.2) is 13.4 Å². The van der Waals surface area contributed by atoms with E-state index in [0.717, 1.165) is 22.7 Å². The molecule has 23 heavy (non-hydrogen) atoms. The highest BCUT2D eigenvalue weighted by Gasteiger charge is 2.10. The maximum Gasteiger partial charge on any atom is 0.229 e. The van der Waals surface area contributed by atoms with Crippen LogP contribution in [0.1, 0.15) is 5.56 Å². The number of nitrogens with one attached hydrogen (secondary N) is 2. The van der Waals surface area contributed by atoms with Gasteiger partial charge in [-0.2, -0.15) is 0 Å². The predicted molar refractivity (Wildman–Crippen MR) is 93.2 cm³/mol. The van der Waals surface area contributed by atoms with E-state index in [1.807, 2.05) is 24.3 Å². The van der Waals surface area contributed by atoms with Gasteiger partial charge < -0.3 is 10.4 Å². The normalized spacial score (nSPS) is 11.8. The molecule has 0 radical (unpaired) electrons. The SMILES string of the molecule is CNc1ccc2cc3ccc(NS(C)(=O)=O)cc3nc2c1CO. The van der Waals surface area contributed by atoms with E-state index in [1.165, 1.54) is 0 Å². The van der Waals surface area contributed by atoms with Crippen molar-refractivity contribution >= 4 is 43.2 Å². The lowest BCUT2D eigenvalue weighted by atomic mass is 10.1. The first-order chi connectivity index (χ1) is 10.9. The van der Waals surface area contributed by atoms with Crippen molar-refractivity contribution in [3.05, 3.63) is 42.0 Å². The van der Waals surface area contributed by atoms with Gasteiger partial charge in [0.2, 0.25) is 10.0 Å². The predicted octanol–water partition coefficient (Wildman–Crippen LogP) is 2.29. The largest absolute Gasteiger partial charge is 0.392 e. The van der Waals surface area contributed by atoms with E-state index in [4.69, 9.17) is 0 Å². The zero-order valence-corrected chi connectivity index (χ0v) is 13.6. The van der Waals surface area contributed by atoms with Crippen molar-refractivity contribution in [2.24, 2.45) is 0 Å². The average Bonchev–Trinajstić information content (AvgIpc) is 2.50. The van der Waals surface area contributed by atoms with Gasteiger partial charge in [0.25, 0.3) is 0 Å².